The second-order valence-electron chi connectivity index (χ2n) is 8.22. The summed E-state index contributed by atoms with van der Waals surface area (Å²) >= 11 is 0. The van der Waals surface area contributed by atoms with Crippen molar-refractivity contribution in [3.05, 3.63) is 120 Å². The summed E-state index contributed by atoms with van der Waals surface area (Å²) in [6.07, 6.45) is 1.88. The van der Waals surface area contributed by atoms with Gasteiger partial charge >= 0.3 is 5.97 Å². The molecular weight excluding hydrogens is 441 g/mol. The molecule has 1 aliphatic heterocycles. The maximum atomic E-state index is 15.2. The first kappa shape index (κ1) is 22.3. The van der Waals surface area contributed by atoms with Crippen molar-refractivity contribution < 1.29 is 14.1 Å². The van der Waals surface area contributed by atoms with Gasteiger partial charge in [-0.05, 0) is 47.5 Å². The van der Waals surface area contributed by atoms with Crippen molar-refractivity contribution in [2.45, 2.75) is 13.0 Å². The Kier molecular flexibility index (Phi) is 6.19. The van der Waals surface area contributed by atoms with Crippen LogP contribution in [0, 0.1) is 0 Å². The molecule has 1 aliphatic rings. The van der Waals surface area contributed by atoms with Gasteiger partial charge in [0, 0.05) is 17.2 Å². The number of fused-ring (bicyclic) bond motifs is 1. The van der Waals surface area contributed by atoms with Crippen LogP contribution >= 0.6 is 7.29 Å². The molecule has 0 fully saturated rings. The van der Waals surface area contributed by atoms with E-state index < -0.39 is 13.3 Å². The van der Waals surface area contributed by atoms with E-state index in [1.54, 1.807) is 6.92 Å². The largest absolute Gasteiger partial charge is 0.463 e. The minimum Gasteiger partial charge on any atom is -0.463 e. The topological polar surface area (TPSA) is 46.6 Å². The highest BCUT2D eigenvalue weighted by Gasteiger charge is 2.45. The Morgan fingerprint density at radius 2 is 1.44 bits per heavy atom. The quantitative estimate of drug-likeness (QED) is 0.273. The number of ether oxygens (including phenoxy) is 1. The van der Waals surface area contributed by atoms with Gasteiger partial charge in [-0.25, -0.2) is 9.46 Å². The monoisotopic (exact) mass is 467 g/mol. The molecule has 5 rings (SSSR count). The van der Waals surface area contributed by atoms with Crippen LogP contribution in [-0.2, 0) is 14.1 Å². The molecule has 0 spiro atoms. The highest BCUT2D eigenvalue weighted by atomic mass is 31.2. The van der Waals surface area contributed by atoms with Crippen molar-refractivity contribution in [3.8, 4) is 0 Å². The summed E-state index contributed by atoms with van der Waals surface area (Å²) in [5.74, 6) is -0.365. The van der Waals surface area contributed by atoms with Crippen LogP contribution in [0.2, 0.25) is 0 Å². The van der Waals surface area contributed by atoms with Crippen LogP contribution in [0.4, 0.5) is 0 Å². The molecule has 1 heterocycles. The van der Waals surface area contributed by atoms with E-state index in [4.69, 9.17) is 4.74 Å². The predicted octanol–water partition coefficient (Wildman–Crippen LogP) is 5.62. The summed E-state index contributed by atoms with van der Waals surface area (Å²) in [6, 6.07) is 32.8. The third kappa shape index (κ3) is 3.79. The minimum atomic E-state index is -3.29. The van der Waals surface area contributed by atoms with Gasteiger partial charge in [-0.1, -0.05) is 84.9 Å². The standard InChI is InChI=1S/C29H26NO3P/c1-2-33-29(31)27-20-21-30(28(27)26-19-11-13-22-12-9-10-18-25(22)26)34(32,23-14-5-3-6-15-23)24-16-7-4-8-17-24/h3-20,28H,2,21H2,1H3/t28-/m0/s1. The van der Waals surface area contributed by atoms with Gasteiger partial charge < -0.3 is 4.74 Å². The molecule has 0 N–H and O–H groups in total. The Labute approximate surface area is 199 Å². The summed E-state index contributed by atoms with van der Waals surface area (Å²) in [4.78, 5) is 13.1. The number of rotatable bonds is 6. The van der Waals surface area contributed by atoms with Crippen molar-refractivity contribution in [1.82, 2.24) is 4.67 Å². The molecule has 5 heteroatoms. The Morgan fingerprint density at radius 1 is 0.853 bits per heavy atom. The first-order chi connectivity index (χ1) is 16.6. The maximum absolute atomic E-state index is 15.2. The lowest BCUT2D eigenvalue weighted by atomic mass is 9.95. The lowest BCUT2D eigenvalue weighted by molar-refractivity contribution is -0.138. The summed E-state index contributed by atoms with van der Waals surface area (Å²) in [5, 5.41) is 3.59. The first-order valence-corrected chi connectivity index (χ1v) is 13.1. The van der Waals surface area contributed by atoms with Gasteiger partial charge in [0.15, 0.2) is 0 Å². The summed E-state index contributed by atoms with van der Waals surface area (Å²) in [6.45, 7) is 2.47. The van der Waals surface area contributed by atoms with E-state index in [0.717, 1.165) is 26.9 Å². The van der Waals surface area contributed by atoms with Gasteiger partial charge in [-0.15, -0.1) is 0 Å². The molecule has 0 amide bonds. The molecule has 0 aliphatic carbocycles. The highest BCUT2D eigenvalue weighted by Crippen LogP contribution is 2.56. The maximum Gasteiger partial charge on any atom is 0.335 e. The van der Waals surface area contributed by atoms with E-state index in [1.165, 1.54) is 0 Å². The number of carbonyl (C=O) groups is 1. The summed E-state index contributed by atoms with van der Waals surface area (Å²) in [5.41, 5.74) is 1.48. The first-order valence-electron chi connectivity index (χ1n) is 11.5. The van der Waals surface area contributed by atoms with Crippen LogP contribution < -0.4 is 10.6 Å². The van der Waals surface area contributed by atoms with E-state index >= 15 is 4.57 Å². The minimum absolute atomic E-state index is 0.285. The molecule has 0 unspecified atom stereocenters. The van der Waals surface area contributed by atoms with Crippen LogP contribution in [0.5, 0.6) is 0 Å². The van der Waals surface area contributed by atoms with E-state index in [2.05, 4.69) is 18.2 Å². The number of carbonyl (C=O) groups excluding carboxylic acids is 1. The third-order valence-corrected chi connectivity index (χ3v) is 9.41. The molecule has 4 aromatic carbocycles. The zero-order valence-electron chi connectivity index (χ0n) is 19.0. The fraction of sp³-hybridized carbons (Fsp3) is 0.138. The summed E-state index contributed by atoms with van der Waals surface area (Å²) < 4.78 is 22.6. The zero-order valence-corrected chi connectivity index (χ0v) is 19.9. The molecule has 4 aromatic rings. The molecule has 170 valence electrons. The molecule has 4 nitrogen and oxygen atoms in total. The van der Waals surface area contributed by atoms with Crippen LogP contribution in [-0.4, -0.2) is 23.8 Å². The van der Waals surface area contributed by atoms with Crippen molar-refractivity contribution in [3.63, 3.8) is 0 Å². The molecular formula is C29H26NO3P. The van der Waals surface area contributed by atoms with E-state index in [0.29, 0.717) is 12.1 Å². The Balaban J connectivity index is 1.75. The molecule has 34 heavy (non-hydrogen) atoms. The van der Waals surface area contributed by atoms with Crippen LogP contribution in [0.3, 0.4) is 0 Å². The van der Waals surface area contributed by atoms with Gasteiger partial charge in [0.25, 0.3) is 0 Å². The van der Waals surface area contributed by atoms with E-state index in [9.17, 15) is 4.79 Å². The van der Waals surface area contributed by atoms with Gasteiger partial charge in [0.1, 0.15) is 0 Å². The average molecular weight is 468 g/mol. The number of benzene rings is 4. The van der Waals surface area contributed by atoms with Crippen molar-refractivity contribution in [1.29, 1.82) is 0 Å². The molecule has 1 atom stereocenters. The Bertz CT molecular complexity index is 1350. The molecule has 0 aromatic heterocycles. The van der Waals surface area contributed by atoms with Gasteiger partial charge in [0.05, 0.1) is 18.2 Å². The van der Waals surface area contributed by atoms with Gasteiger partial charge in [0.2, 0.25) is 7.29 Å². The van der Waals surface area contributed by atoms with Crippen LogP contribution in [0.25, 0.3) is 10.8 Å². The van der Waals surface area contributed by atoms with Crippen molar-refractivity contribution in [2.24, 2.45) is 0 Å². The average Bonchev–Trinajstić information content (AvgIpc) is 3.35. The smallest absolute Gasteiger partial charge is 0.335 e. The number of hydrogen-bond acceptors (Lipinski definition) is 3. The van der Waals surface area contributed by atoms with Crippen molar-refractivity contribution in [2.75, 3.05) is 13.2 Å². The third-order valence-electron chi connectivity index (χ3n) is 6.29. The molecule has 0 bridgehead atoms. The molecule has 0 saturated carbocycles. The van der Waals surface area contributed by atoms with Gasteiger partial charge in [-0.3, -0.25) is 4.57 Å². The second-order valence-corrected chi connectivity index (χ2v) is 10.9. The predicted molar refractivity (Wildman–Crippen MR) is 138 cm³/mol. The van der Waals surface area contributed by atoms with Crippen molar-refractivity contribution >= 4 is 34.6 Å². The van der Waals surface area contributed by atoms with Gasteiger partial charge in [-0.2, -0.15) is 0 Å². The zero-order chi connectivity index (χ0) is 23.5. The Hall–Kier alpha value is -3.46. The fourth-order valence-electron chi connectivity index (χ4n) is 4.78. The number of esters is 1. The number of nitrogens with zero attached hydrogens (tertiary/aromatic N) is 1. The molecule has 0 radical (unpaired) electrons. The summed E-state index contributed by atoms with van der Waals surface area (Å²) in [7, 11) is -3.29. The Morgan fingerprint density at radius 3 is 2.09 bits per heavy atom. The fourth-order valence-corrected chi connectivity index (χ4v) is 7.71. The lowest BCUT2D eigenvalue weighted by Gasteiger charge is -2.35. The normalized spacial score (nSPS) is 16.4. The number of hydrogen-bond donors (Lipinski definition) is 0. The SMILES string of the molecule is CCOC(=O)C1=CCN(P(=O)(c2ccccc2)c2ccccc2)[C@H]1c1cccc2ccccc12. The lowest BCUT2D eigenvalue weighted by Crippen LogP contribution is -2.34. The van der Waals surface area contributed by atoms with E-state index in [1.807, 2.05) is 95.7 Å². The molecule has 0 saturated heterocycles. The van der Waals surface area contributed by atoms with E-state index in [-0.39, 0.29) is 12.6 Å². The van der Waals surface area contributed by atoms with Crippen LogP contribution in [0.1, 0.15) is 18.5 Å². The second kappa shape index (κ2) is 9.42. The van der Waals surface area contributed by atoms with Crippen LogP contribution in [0.15, 0.2) is 115 Å². The highest BCUT2D eigenvalue weighted by molar-refractivity contribution is 7.76.